The van der Waals surface area contributed by atoms with Gasteiger partial charge < -0.3 is 21.3 Å². The van der Waals surface area contributed by atoms with Crippen LogP contribution in [0.4, 0.5) is 23.1 Å². The second kappa shape index (κ2) is 9.72. The highest BCUT2D eigenvalue weighted by Gasteiger charge is 2.26. The van der Waals surface area contributed by atoms with E-state index >= 15 is 0 Å². The normalized spacial score (nSPS) is 14.7. The third-order valence-corrected chi connectivity index (χ3v) is 6.25. The molecule has 1 aromatic heterocycles. The Bertz CT molecular complexity index is 1310. The van der Waals surface area contributed by atoms with Crippen LogP contribution < -0.4 is 21.3 Å². The first-order valence-corrected chi connectivity index (χ1v) is 12.1. The predicted molar refractivity (Wildman–Crippen MR) is 136 cm³/mol. The number of hydrogen-bond acceptors (Lipinski definition) is 7. The molecule has 2 heterocycles. The standard InChI is InChI=1S/C27H29N7O/c1-16(2)31-26(35)24-15-30-27(33-21-7-5-17-9-10-29-14-20(17)11-21)34-25(24)32-22-8-6-19(13-28)23(12-22)18-3-4-18/h5-8,11-12,15-16,18,29H,3-4,9-10,14H2,1-2H3,(H,31,35)(H2,30,32,33,34). The van der Waals surface area contributed by atoms with Crippen molar-refractivity contribution in [1.82, 2.24) is 20.6 Å². The van der Waals surface area contributed by atoms with E-state index in [1.807, 2.05) is 38.1 Å². The number of fused-ring (bicyclic) bond motifs is 1. The summed E-state index contributed by atoms with van der Waals surface area (Å²) in [5, 5.41) is 22.4. The minimum absolute atomic E-state index is 0.0198. The van der Waals surface area contributed by atoms with Crippen molar-refractivity contribution in [3.8, 4) is 6.07 Å². The molecule has 1 aliphatic carbocycles. The fourth-order valence-corrected chi connectivity index (χ4v) is 4.34. The lowest BCUT2D eigenvalue weighted by atomic mass is 10.0. The quantitative estimate of drug-likeness (QED) is 0.404. The van der Waals surface area contributed by atoms with Gasteiger partial charge in [0, 0.05) is 30.2 Å². The molecule has 2 aliphatic rings. The third kappa shape index (κ3) is 5.26. The summed E-state index contributed by atoms with van der Waals surface area (Å²) >= 11 is 0. The first-order chi connectivity index (χ1) is 17.0. The zero-order chi connectivity index (χ0) is 24.4. The van der Waals surface area contributed by atoms with Gasteiger partial charge in [-0.3, -0.25) is 4.79 Å². The maximum Gasteiger partial charge on any atom is 0.256 e. The van der Waals surface area contributed by atoms with E-state index in [2.05, 4.69) is 49.4 Å². The molecule has 4 N–H and O–H groups in total. The smallest absolute Gasteiger partial charge is 0.256 e. The van der Waals surface area contributed by atoms with Crippen molar-refractivity contribution in [3.05, 3.63) is 70.4 Å². The van der Waals surface area contributed by atoms with Crippen molar-refractivity contribution in [3.63, 3.8) is 0 Å². The van der Waals surface area contributed by atoms with E-state index < -0.39 is 0 Å². The van der Waals surface area contributed by atoms with Crippen LogP contribution in [-0.2, 0) is 13.0 Å². The van der Waals surface area contributed by atoms with Crippen LogP contribution >= 0.6 is 0 Å². The van der Waals surface area contributed by atoms with Gasteiger partial charge in [-0.2, -0.15) is 10.2 Å². The number of aromatic nitrogens is 2. The number of anilines is 4. The molecule has 1 aliphatic heterocycles. The topological polar surface area (TPSA) is 115 Å². The lowest BCUT2D eigenvalue weighted by molar-refractivity contribution is 0.0943. The summed E-state index contributed by atoms with van der Waals surface area (Å²) in [4.78, 5) is 22.0. The lowest BCUT2D eigenvalue weighted by Crippen LogP contribution is -2.31. The molecule has 0 bridgehead atoms. The number of carbonyl (C=O) groups excluding carboxylic acids is 1. The summed E-state index contributed by atoms with van der Waals surface area (Å²) < 4.78 is 0. The Morgan fingerprint density at radius 2 is 1.91 bits per heavy atom. The fourth-order valence-electron chi connectivity index (χ4n) is 4.34. The Labute approximate surface area is 205 Å². The van der Waals surface area contributed by atoms with E-state index in [-0.39, 0.29) is 11.9 Å². The minimum Gasteiger partial charge on any atom is -0.350 e. The van der Waals surface area contributed by atoms with Crippen molar-refractivity contribution in [1.29, 1.82) is 5.26 Å². The van der Waals surface area contributed by atoms with E-state index in [0.29, 0.717) is 28.8 Å². The molecule has 1 amide bonds. The number of nitrogens with zero attached hydrogens (tertiary/aromatic N) is 3. The Kier molecular flexibility index (Phi) is 6.34. The van der Waals surface area contributed by atoms with Gasteiger partial charge in [-0.25, -0.2) is 4.98 Å². The van der Waals surface area contributed by atoms with Crippen LogP contribution in [0.15, 0.2) is 42.6 Å². The van der Waals surface area contributed by atoms with E-state index in [9.17, 15) is 10.1 Å². The van der Waals surface area contributed by atoms with E-state index in [1.54, 1.807) is 6.20 Å². The van der Waals surface area contributed by atoms with Crippen molar-refractivity contribution in [2.45, 2.75) is 51.6 Å². The maximum absolute atomic E-state index is 12.9. The average Bonchev–Trinajstić information content (AvgIpc) is 3.69. The van der Waals surface area contributed by atoms with Crippen molar-refractivity contribution in [2.75, 3.05) is 17.2 Å². The minimum atomic E-state index is -0.245. The van der Waals surface area contributed by atoms with Crippen LogP contribution in [0.2, 0.25) is 0 Å². The van der Waals surface area contributed by atoms with Crippen LogP contribution in [0.3, 0.4) is 0 Å². The molecule has 178 valence electrons. The molecule has 3 aromatic rings. The number of nitriles is 1. The lowest BCUT2D eigenvalue weighted by Gasteiger charge is -2.18. The SMILES string of the molecule is CC(C)NC(=O)c1cnc(Nc2ccc3c(c2)CNCC3)nc1Nc1ccc(C#N)c(C2CC2)c1. The molecule has 0 spiro atoms. The highest BCUT2D eigenvalue weighted by Crippen LogP contribution is 2.42. The molecule has 35 heavy (non-hydrogen) atoms. The van der Waals surface area contributed by atoms with Gasteiger partial charge in [-0.05, 0) is 92.6 Å². The van der Waals surface area contributed by atoms with Gasteiger partial charge in [-0.1, -0.05) is 6.07 Å². The Morgan fingerprint density at radius 1 is 1.11 bits per heavy atom. The molecule has 8 heteroatoms. The second-order valence-corrected chi connectivity index (χ2v) is 9.43. The number of benzene rings is 2. The van der Waals surface area contributed by atoms with Crippen LogP contribution in [0.5, 0.6) is 0 Å². The molecule has 0 unspecified atom stereocenters. The highest BCUT2D eigenvalue weighted by atomic mass is 16.1. The molecule has 0 radical (unpaired) electrons. The first-order valence-electron chi connectivity index (χ1n) is 12.1. The molecular formula is C27H29N7O. The largest absolute Gasteiger partial charge is 0.350 e. The monoisotopic (exact) mass is 467 g/mol. The molecule has 2 aromatic carbocycles. The maximum atomic E-state index is 12.9. The zero-order valence-corrected chi connectivity index (χ0v) is 20.0. The van der Waals surface area contributed by atoms with Crippen molar-refractivity contribution in [2.24, 2.45) is 0 Å². The van der Waals surface area contributed by atoms with Gasteiger partial charge in [0.2, 0.25) is 5.95 Å². The summed E-state index contributed by atoms with van der Waals surface area (Å²) in [6, 6.07) is 14.2. The molecule has 0 atom stereocenters. The summed E-state index contributed by atoms with van der Waals surface area (Å²) in [6.45, 7) is 5.66. The van der Waals surface area contributed by atoms with Crippen molar-refractivity contribution >= 4 is 29.0 Å². The second-order valence-electron chi connectivity index (χ2n) is 9.43. The Hall–Kier alpha value is -3.96. The summed E-state index contributed by atoms with van der Waals surface area (Å²) in [6.07, 6.45) is 4.75. The molecule has 5 rings (SSSR count). The Morgan fingerprint density at radius 3 is 2.69 bits per heavy atom. The predicted octanol–water partition coefficient (Wildman–Crippen LogP) is 4.50. The zero-order valence-electron chi connectivity index (χ0n) is 20.0. The van der Waals surface area contributed by atoms with Crippen LogP contribution in [0.1, 0.15) is 65.2 Å². The third-order valence-electron chi connectivity index (χ3n) is 6.25. The van der Waals surface area contributed by atoms with Crippen LogP contribution in [0, 0.1) is 11.3 Å². The average molecular weight is 468 g/mol. The van der Waals surface area contributed by atoms with E-state index in [1.165, 1.54) is 11.1 Å². The summed E-state index contributed by atoms with van der Waals surface area (Å²) in [5.41, 5.74) is 6.39. The van der Waals surface area contributed by atoms with Gasteiger partial charge >= 0.3 is 0 Å². The van der Waals surface area contributed by atoms with Gasteiger partial charge in [0.05, 0.1) is 11.6 Å². The van der Waals surface area contributed by atoms with Gasteiger partial charge in [0.25, 0.3) is 5.91 Å². The van der Waals surface area contributed by atoms with Crippen LogP contribution in [-0.4, -0.2) is 28.5 Å². The molecule has 1 saturated carbocycles. The number of nitrogens with one attached hydrogen (secondary N) is 4. The van der Waals surface area contributed by atoms with Crippen molar-refractivity contribution < 1.29 is 4.79 Å². The van der Waals surface area contributed by atoms with Gasteiger partial charge in [0.1, 0.15) is 11.4 Å². The number of rotatable bonds is 7. The van der Waals surface area contributed by atoms with E-state index in [4.69, 9.17) is 0 Å². The van der Waals surface area contributed by atoms with Crippen LogP contribution in [0.25, 0.3) is 0 Å². The first kappa shape index (κ1) is 22.8. The number of hydrogen-bond donors (Lipinski definition) is 4. The molecule has 8 nitrogen and oxygen atoms in total. The number of carbonyl (C=O) groups is 1. The molecule has 0 saturated heterocycles. The van der Waals surface area contributed by atoms with Gasteiger partial charge in [0.15, 0.2) is 0 Å². The highest BCUT2D eigenvalue weighted by molar-refractivity contribution is 5.99. The summed E-state index contributed by atoms with van der Waals surface area (Å²) in [7, 11) is 0. The molecular weight excluding hydrogens is 438 g/mol. The number of amides is 1. The van der Waals surface area contributed by atoms with Gasteiger partial charge in [-0.15, -0.1) is 0 Å². The Balaban J connectivity index is 1.45. The van der Waals surface area contributed by atoms with E-state index in [0.717, 1.165) is 49.3 Å². The fraction of sp³-hybridized carbons (Fsp3) is 0.333. The summed E-state index contributed by atoms with van der Waals surface area (Å²) in [5.74, 6) is 0.987. The molecule has 1 fully saturated rings.